The summed E-state index contributed by atoms with van der Waals surface area (Å²) < 4.78 is 0.983. The molecule has 2 aliphatic carbocycles. The molecule has 0 aliphatic heterocycles. The van der Waals surface area contributed by atoms with Gasteiger partial charge < -0.3 is 0 Å². The van der Waals surface area contributed by atoms with Crippen molar-refractivity contribution in [1.29, 1.82) is 0 Å². The Kier molecular flexibility index (Phi) is 2.07. The minimum absolute atomic E-state index is 0.766. The summed E-state index contributed by atoms with van der Waals surface area (Å²) in [5.74, 6) is 1.53. The quantitative estimate of drug-likeness (QED) is 0.540. The van der Waals surface area contributed by atoms with Gasteiger partial charge in [0.25, 0.3) is 0 Å². The van der Waals surface area contributed by atoms with Crippen LogP contribution in [-0.4, -0.2) is 18.4 Å². The summed E-state index contributed by atoms with van der Waals surface area (Å²) in [7, 11) is 0. The molecule has 2 bridgehead atoms. The van der Waals surface area contributed by atoms with Crippen molar-refractivity contribution in [1.82, 2.24) is 0 Å². The van der Waals surface area contributed by atoms with E-state index in [-0.39, 0.29) is 0 Å². The summed E-state index contributed by atoms with van der Waals surface area (Å²) in [6.45, 7) is 0. The Morgan fingerprint density at radius 3 is 1.73 bits per heavy atom. The molecule has 0 fully saturated rings. The Morgan fingerprint density at radius 1 is 0.867 bits per heavy atom. The molecule has 0 amide bonds. The molecule has 0 radical (unpaired) electrons. The third kappa shape index (κ3) is 1.33. The molecule has 1 unspecified atom stereocenters. The molecule has 2 aliphatic rings. The predicted molar refractivity (Wildman–Crippen MR) is 68.2 cm³/mol. The van der Waals surface area contributed by atoms with Gasteiger partial charge in [0.1, 0.15) is 0 Å². The first kappa shape index (κ1) is 9.95. The van der Waals surface area contributed by atoms with Gasteiger partial charge in [0, 0.05) is 0 Å². The van der Waals surface area contributed by atoms with Gasteiger partial charge in [-0.15, -0.1) is 0 Å². The van der Waals surface area contributed by atoms with Crippen molar-refractivity contribution in [2.75, 3.05) is 0 Å². The molecule has 0 saturated heterocycles. The fraction of sp³-hybridized carbons (Fsp3) is 0.429. The van der Waals surface area contributed by atoms with Crippen molar-refractivity contribution in [3.8, 4) is 0 Å². The third-order valence-electron chi connectivity index (χ3n) is 4.01. The molecule has 1 aromatic rings. The topological polar surface area (TPSA) is 0 Å². The third-order valence-corrected chi connectivity index (χ3v) is 11.8. The van der Waals surface area contributed by atoms with Crippen molar-refractivity contribution in [2.45, 2.75) is 30.6 Å². The van der Waals surface area contributed by atoms with Crippen LogP contribution in [0.4, 0.5) is 0 Å². The molecule has 0 aromatic heterocycles. The normalized spacial score (nSPS) is 32.1. The molecular formula is C14H18Sn. The second kappa shape index (κ2) is 3.13. The summed E-state index contributed by atoms with van der Waals surface area (Å²) in [5, 5.41) is 0. The Labute approximate surface area is 96.3 Å². The summed E-state index contributed by atoms with van der Waals surface area (Å²) >= 11 is -1.79. The van der Waals surface area contributed by atoms with Crippen molar-refractivity contribution in [3.05, 3.63) is 47.5 Å². The zero-order chi connectivity index (χ0) is 10.6. The summed E-state index contributed by atoms with van der Waals surface area (Å²) in [6, 6.07) is 9.08. The molecule has 15 heavy (non-hydrogen) atoms. The average molecular weight is 305 g/mol. The van der Waals surface area contributed by atoms with Crippen molar-refractivity contribution >= 4 is 18.4 Å². The summed E-state index contributed by atoms with van der Waals surface area (Å²) in [5.41, 5.74) is 3.25. The van der Waals surface area contributed by atoms with E-state index in [1.54, 1.807) is 11.1 Å². The number of benzene rings is 1. The van der Waals surface area contributed by atoms with E-state index in [0.29, 0.717) is 0 Å². The molecule has 3 atom stereocenters. The van der Waals surface area contributed by atoms with Crippen LogP contribution in [0, 0.1) is 0 Å². The second-order valence-corrected chi connectivity index (χ2v) is 21.4. The van der Waals surface area contributed by atoms with Gasteiger partial charge >= 0.3 is 96.5 Å². The molecule has 1 aromatic carbocycles. The van der Waals surface area contributed by atoms with E-state index in [2.05, 4.69) is 51.2 Å². The molecule has 0 spiro atoms. The zero-order valence-electron chi connectivity index (χ0n) is 9.70. The molecule has 0 saturated carbocycles. The van der Waals surface area contributed by atoms with Crippen LogP contribution in [0.3, 0.4) is 0 Å². The predicted octanol–water partition coefficient (Wildman–Crippen LogP) is 4.15. The SMILES string of the molecule is [CH3][Sn]([CH3])([CH3])[CH]1[C@@H]2C=C[C@H]1c1ccccc12. The molecule has 0 nitrogen and oxygen atoms in total. The van der Waals surface area contributed by atoms with Gasteiger partial charge in [-0.25, -0.2) is 0 Å². The van der Waals surface area contributed by atoms with Crippen molar-refractivity contribution in [3.63, 3.8) is 0 Å². The average Bonchev–Trinajstić information content (AvgIpc) is 2.73. The van der Waals surface area contributed by atoms with E-state index < -0.39 is 18.4 Å². The first-order chi connectivity index (χ1) is 7.09. The molecule has 3 rings (SSSR count). The molecule has 1 heteroatoms. The van der Waals surface area contributed by atoms with Gasteiger partial charge in [-0.2, -0.15) is 0 Å². The first-order valence-corrected chi connectivity index (χ1v) is 16.1. The Hall–Kier alpha value is -0.241. The molecule has 0 heterocycles. The molecule has 0 N–H and O–H groups in total. The fourth-order valence-electron chi connectivity index (χ4n) is 3.49. The number of hydrogen-bond donors (Lipinski definition) is 0. The van der Waals surface area contributed by atoms with Crippen LogP contribution in [0.15, 0.2) is 36.4 Å². The van der Waals surface area contributed by atoms with E-state index in [1.807, 2.05) is 0 Å². The number of rotatable bonds is 1. The van der Waals surface area contributed by atoms with Gasteiger partial charge in [0.05, 0.1) is 0 Å². The summed E-state index contributed by atoms with van der Waals surface area (Å²) in [4.78, 5) is 7.74. The van der Waals surface area contributed by atoms with Crippen LogP contribution in [0.2, 0.25) is 18.8 Å². The fourth-order valence-corrected chi connectivity index (χ4v) is 11.3. The monoisotopic (exact) mass is 306 g/mol. The van der Waals surface area contributed by atoms with E-state index in [0.717, 1.165) is 15.8 Å². The number of allylic oxidation sites excluding steroid dienone is 2. The van der Waals surface area contributed by atoms with Crippen LogP contribution in [-0.2, 0) is 0 Å². The minimum atomic E-state index is -1.79. The van der Waals surface area contributed by atoms with Gasteiger partial charge in [-0.05, 0) is 0 Å². The molecule has 78 valence electrons. The second-order valence-electron chi connectivity index (χ2n) is 5.96. The zero-order valence-corrected chi connectivity index (χ0v) is 12.6. The first-order valence-electron chi connectivity index (χ1n) is 5.86. The van der Waals surface area contributed by atoms with Gasteiger partial charge in [-0.3, -0.25) is 0 Å². The van der Waals surface area contributed by atoms with Crippen LogP contribution in [0.1, 0.15) is 23.0 Å². The Morgan fingerprint density at radius 2 is 1.33 bits per heavy atom. The van der Waals surface area contributed by atoms with Crippen LogP contribution in [0.25, 0.3) is 0 Å². The van der Waals surface area contributed by atoms with E-state index in [1.165, 1.54) is 0 Å². The Balaban J connectivity index is 2.11. The van der Waals surface area contributed by atoms with Crippen molar-refractivity contribution < 1.29 is 0 Å². The van der Waals surface area contributed by atoms with Gasteiger partial charge in [-0.1, -0.05) is 0 Å². The Bertz CT molecular complexity index is 392. The van der Waals surface area contributed by atoms with Gasteiger partial charge in [0.2, 0.25) is 0 Å². The standard InChI is InChI=1S/C11H9.3CH3.Sn/c1-2-4-11-9-6-5-8(7-9)10(11)3-1;;;;/h1-9H;3*1H3;/t8-,9+;;;;. The number of hydrogen-bond acceptors (Lipinski definition) is 0. The molecular weight excluding hydrogens is 287 g/mol. The number of fused-ring (bicyclic) bond motifs is 5. The van der Waals surface area contributed by atoms with Crippen LogP contribution in [0.5, 0.6) is 0 Å². The van der Waals surface area contributed by atoms with Gasteiger partial charge in [0.15, 0.2) is 0 Å². The van der Waals surface area contributed by atoms with E-state index >= 15 is 0 Å². The maximum absolute atomic E-state index is 2.58. The van der Waals surface area contributed by atoms with Crippen molar-refractivity contribution in [2.24, 2.45) is 0 Å². The summed E-state index contributed by atoms with van der Waals surface area (Å²) in [6.07, 6.45) is 4.94. The van der Waals surface area contributed by atoms with Crippen LogP contribution < -0.4 is 0 Å². The van der Waals surface area contributed by atoms with E-state index in [9.17, 15) is 0 Å². The van der Waals surface area contributed by atoms with Crippen LogP contribution >= 0.6 is 0 Å². The van der Waals surface area contributed by atoms with E-state index in [4.69, 9.17) is 0 Å². The maximum atomic E-state index is 2.58.